The highest BCUT2D eigenvalue weighted by atomic mass is 16.6. The van der Waals surface area contributed by atoms with Crippen LogP contribution in [0.15, 0.2) is 48.5 Å². The van der Waals surface area contributed by atoms with Crippen molar-refractivity contribution in [2.24, 2.45) is 0 Å². The zero-order valence-electron chi connectivity index (χ0n) is 14.9. The van der Waals surface area contributed by atoms with Gasteiger partial charge in [0, 0.05) is 11.3 Å². The second-order valence-electron chi connectivity index (χ2n) is 6.07. The van der Waals surface area contributed by atoms with Crippen LogP contribution < -0.4 is 14.8 Å². The Morgan fingerprint density at radius 3 is 2.59 bits per heavy atom. The number of esters is 1. The molecule has 0 radical (unpaired) electrons. The molecule has 1 heterocycles. The van der Waals surface area contributed by atoms with E-state index in [-0.39, 0.29) is 12.4 Å². The first-order valence-electron chi connectivity index (χ1n) is 8.45. The maximum atomic E-state index is 12.3. The Hall–Kier alpha value is -3.35. The van der Waals surface area contributed by atoms with Gasteiger partial charge in [-0.05, 0) is 38.1 Å². The number of Topliss-reactive ketones (excluding diaryl/α,β-unsaturated/α-hetero) is 1. The molecule has 2 atom stereocenters. The van der Waals surface area contributed by atoms with E-state index in [0.717, 1.165) is 0 Å². The number of rotatable bonds is 5. The van der Waals surface area contributed by atoms with Gasteiger partial charge in [-0.3, -0.25) is 9.59 Å². The van der Waals surface area contributed by atoms with Crippen LogP contribution >= 0.6 is 0 Å². The van der Waals surface area contributed by atoms with Crippen molar-refractivity contribution in [3.63, 3.8) is 0 Å². The van der Waals surface area contributed by atoms with Crippen molar-refractivity contribution < 1.29 is 28.6 Å². The van der Waals surface area contributed by atoms with Gasteiger partial charge in [0.1, 0.15) is 6.61 Å². The molecule has 0 aliphatic carbocycles. The Balaban J connectivity index is 1.57. The third kappa shape index (κ3) is 4.44. The largest absolute Gasteiger partial charge is 0.485 e. The zero-order chi connectivity index (χ0) is 19.4. The molecule has 0 saturated carbocycles. The van der Waals surface area contributed by atoms with E-state index in [4.69, 9.17) is 14.2 Å². The molecule has 0 spiro atoms. The molecule has 140 valence electrons. The van der Waals surface area contributed by atoms with E-state index in [2.05, 4.69) is 5.32 Å². The summed E-state index contributed by atoms with van der Waals surface area (Å²) < 4.78 is 16.2. The molecule has 7 nitrogen and oxygen atoms in total. The van der Waals surface area contributed by atoms with Gasteiger partial charge < -0.3 is 19.5 Å². The van der Waals surface area contributed by atoms with Gasteiger partial charge in [0.2, 0.25) is 6.10 Å². The first-order valence-corrected chi connectivity index (χ1v) is 8.45. The zero-order valence-corrected chi connectivity index (χ0v) is 14.9. The van der Waals surface area contributed by atoms with Gasteiger partial charge in [-0.2, -0.15) is 0 Å². The Bertz CT molecular complexity index is 878. The molecule has 3 rings (SSSR count). The molecule has 0 saturated heterocycles. The summed E-state index contributed by atoms with van der Waals surface area (Å²) in [5.41, 5.74) is 0.922. The van der Waals surface area contributed by atoms with E-state index < -0.39 is 24.1 Å². The first-order chi connectivity index (χ1) is 12.9. The summed E-state index contributed by atoms with van der Waals surface area (Å²) in [5, 5.41) is 2.62. The standard InChI is InChI=1S/C20H19NO6/c1-12(22)14-6-5-7-15(10-14)21-19(23)13(2)26-20(24)18-11-25-16-8-3-4-9-17(16)27-18/h3-10,13,18H,11H2,1-2H3,(H,21,23)/t13-,18+/m1/s1. The normalized spacial score (nSPS) is 16.1. The van der Waals surface area contributed by atoms with Gasteiger partial charge >= 0.3 is 5.97 Å². The van der Waals surface area contributed by atoms with Gasteiger partial charge in [-0.1, -0.05) is 24.3 Å². The van der Waals surface area contributed by atoms with Crippen LogP contribution in [0.2, 0.25) is 0 Å². The average Bonchev–Trinajstić information content (AvgIpc) is 2.67. The van der Waals surface area contributed by atoms with Crippen molar-refractivity contribution in [1.29, 1.82) is 0 Å². The van der Waals surface area contributed by atoms with E-state index >= 15 is 0 Å². The fraction of sp³-hybridized carbons (Fsp3) is 0.250. The topological polar surface area (TPSA) is 90.9 Å². The number of amides is 1. The van der Waals surface area contributed by atoms with Crippen molar-refractivity contribution >= 4 is 23.3 Å². The summed E-state index contributed by atoms with van der Waals surface area (Å²) in [7, 11) is 0. The number of nitrogens with one attached hydrogen (secondary N) is 1. The number of hydrogen-bond donors (Lipinski definition) is 1. The molecule has 1 amide bonds. The van der Waals surface area contributed by atoms with Crippen molar-refractivity contribution in [2.45, 2.75) is 26.1 Å². The molecule has 0 fully saturated rings. The number of ketones is 1. The van der Waals surface area contributed by atoms with Crippen LogP contribution in [0.3, 0.4) is 0 Å². The third-order valence-corrected chi connectivity index (χ3v) is 3.97. The summed E-state index contributed by atoms with van der Waals surface area (Å²) >= 11 is 0. The van der Waals surface area contributed by atoms with E-state index in [1.165, 1.54) is 13.8 Å². The number of hydrogen-bond acceptors (Lipinski definition) is 6. The molecule has 0 bridgehead atoms. The minimum Gasteiger partial charge on any atom is -0.485 e. The van der Waals surface area contributed by atoms with E-state index in [1.54, 1.807) is 48.5 Å². The highest BCUT2D eigenvalue weighted by Crippen LogP contribution is 2.31. The van der Waals surface area contributed by atoms with Crippen LogP contribution in [0.25, 0.3) is 0 Å². The fourth-order valence-corrected chi connectivity index (χ4v) is 2.50. The minimum absolute atomic E-state index is 0.00480. The monoisotopic (exact) mass is 369 g/mol. The number of anilines is 1. The second kappa shape index (κ2) is 7.90. The summed E-state index contributed by atoms with van der Waals surface area (Å²) in [6, 6.07) is 13.5. The SMILES string of the molecule is CC(=O)c1cccc(NC(=O)[C@@H](C)OC(=O)[C@@H]2COc3ccccc3O2)c1. The number of benzene rings is 2. The van der Waals surface area contributed by atoms with Crippen LogP contribution in [-0.4, -0.2) is 36.5 Å². The molecule has 0 unspecified atom stereocenters. The summed E-state index contributed by atoms with van der Waals surface area (Å²) in [6.45, 7) is 2.90. The molecular formula is C20H19NO6. The van der Waals surface area contributed by atoms with Gasteiger partial charge in [0.05, 0.1) is 0 Å². The van der Waals surface area contributed by atoms with Gasteiger partial charge in [-0.25, -0.2) is 4.79 Å². The first kappa shape index (κ1) is 18.4. The molecule has 1 N–H and O–H groups in total. The lowest BCUT2D eigenvalue weighted by Crippen LogP contribution is -2.41. The fourth-order valence-electron chi connectivity index (χ4n) is 2.50. The smallest absolute Gasteiger partial charge is 0.351 e. The van der Waals surface area contributed by atoms with Crippen molar-refractivity contribution in [1.82, 2.24) is 0 Å². The van der Waals surface area contributed by atoms with Crippen LogP contribution in [0.4, 0.5) is 5.69 Å². The Labute approximate surface area is 156 Å². The third-order valence-electron chi connectivity index (χ3n) is 3.97. The number of para-hydroxylation sites is 2. The maximum absolute atomic E-state index is 12.3. The molecule has 1 aliphatic rings. The molecule has 7 heteroatoms. The van der Waals surface area contributed by atoms with E-state index in [9.17, 15) is 14.4 Å². The number of carbonyl (C=O) groups excluding carboxylic acids is 3. The lowest BCUT2D eigenvalue weighted by molar-refractivity contribution is -0.162. The molecule has 27 heavy (non-hydrogen) atoms. The van der Waals surface area contributed by atoms with Gasteiger partial charge in [0.15, 0.2) is 23.4 Å². The number of fused-ring (bicyclic) bond motifs is 1. The molecule has 2 aromatic carbocycles. The summed E-state index contributed by atoms with van der Waals surface area (Å²) in [6.07, 6.45) is -1.99. The number of ether oxygens (including phenoxy) is 3. The highest BCUT2D eigenvalue weighted by molar-refractivity contribution is 5.98. The van der Waals surface area contributed by atoms with Gasteiger partial charge in [0.25, 0.3) is 5.91 Å². The Kier molecular flexibility index (Phi) is 5.40. The molecule has 2 aromatic rings. The Morgan fingerprint density at radius 2 is 1.85 bits per heavy atom. The van der Waals surface area contributed by atoms with Crippen LogP contribution in [0.5, 0.6) is 11.5 Å². The predicted molar refractivity (Wildman–Crippen MR) is 97.0 cm³/mol. The maximum Gasteiger partial charge on any atom is 0.351 e. The van der Waals surface area contributed by atoms with E-state index in [1.807, 2.05) is 0 Å². The van der Waals surface area contributed by atoms with Crippen molar-refractivity contribution in [2.75, 3.05) is 11.9 Å². The van der Waals surface area contributed by atoms with E-state index in [0.29, 0.717) is 22.7 Å². The van der Waals surface area contributed by atoms with Crippen molar-refractivity contribution in [3.8, 4) is 11.5 Å². The molecule has 1 aliphatic heterocycles. The second-order valence-corrected chi connectivity index (χ2v) is 6.07. The molecular weight excluding hydrogens is 350 g/mol. The molecule has 0 aromatic heterocycles. The average molecular weight is 369 g/mol. The lowest BCUT2D eigenvalue weighted by Gasteiger charge is -2.25. The Morgan fingerprint density at radius 1 is 1.11 bits per heavy atom. The summed E-state index contributed by atoms with van der Waals surface area (Å²) in [4.78, 5) is 35.9. The summed E-state index contributed by atoms with van der Waals surface area (Å²) in [5.74, 6) is -0.312. The van der Waals surface area contributed by atoms with Crippen LogP contribution in [0.1, 0.15) is 24.2 Å². The lowest BCUT2D eigenvalue weighted by atomic mass is 10.1. The quantitative estimate of drug-likeness (QED) is 0.643. The van der Waals surface area contributed by atoms with Crippen LogP contribution in [0, 0.1) is 0 Å². The van der Waals surface area contributed by atoms with Crippen LogP contribution in [-0.2, 0) is 14.3 Å². The van der Waals surface area contributed by atoms with Gasteiger partial charge in [-0.15, -0.1) is 0 Å². The number of carbonyl (C=O) groups is 3. The minimum atomic E-state index is -1.04. The van der Waals surface area contributed by atoms with Crippen molar-refractivity contribution in [3.05, 3.63) is 54.1 Å². The highest BCUT2D eigenvalue weighted by Gasteiger charge is 2.31. The predicted octanol–water partition coefficient (Wildman–Crippen LogP) is 2.60.